The third kappa shape index (κ3) is 5.40. The number of benzene rings is 2. The first-order valence-corrected chi connectivity index (χ1v) is 11.0. The summed E-state index contributed by atoms with van der Waals surface area (Å²) in [5.41, 5.74) is -2.46. The zero-order valence-corrected chi connectivity index (χ0v) is 20.1. The predicted octanol–water partition coefficient (Wildman–Crippen LogP) is 3.85. The van der Waals surface area contributed by atoms with E-state index in [1.165, 1.54) is 31.4 Å². The van der Waals surface area contributed by atoms with Crippen molar-refractivity contribution in [3.8, 4) is 28.7 Å². The molecule has 2 heterocycles. The van der Waals surface area contributed by atoms with E-state index in [2.05, 4.69) is 15.5 Å². The van der Waals surface area contributed by atoms with Crippen LogP contribution in [0.25, 0.3) is 11.1 Å². The predicted molar refractivity (Wildman–Crippen MR) is 125 cm³/mol. The van der Waals surface area contributed by atoms with Crippen LogP contribution in [0.4, 0.5) is 17.6 Å². The Bertz CT molecular complexity index is 1550. The first-order chi connectivity index (χ1) is 18.0. The topological polar surface area (TPSA) is 120 Å². The molecule has 1 aromatic heterocycles. The number of allylic oxidation sites excluding steroid dienone is 1. The van der Waals surface area contributed by atoms with Gasteiger partial charge in [0.1, 0.15) is 17.3 Å². The number of carbonyl (C=O) groups excluding carboxylic acids is 1. The fraction of sp³-hybridized carbons (Fsp3) is 0.167. The van der Waals surface area contributed by atoms with E-state index in [1.807, 2.05) is 0 Å². The number of nitrogens with one attached hydrogen (secondary N) is 2. The van der Waals surface area contributed by atoms with Crippen LogP contribution in [-0.4, -0.2) is 41.0 Å². The molecule has 0 unspecified atom stereocenters. The first kappa shape index (κ1) is 26.5. The molecule has 0 saturated heterocycles. The molecule has 0 spiro atoms. The Morgan fingerprint density at radius 1 is 1.21 bits per heavy atom. The van der Waals surface area contributed by atoms with E-state index in [0.717, 1.165) is 23.1 Å². The van der Waals surface area contributed by atoms with Crippen LogP contribution in [0.3, 0.4) is 0 Å². The highest BCUT2D eigenvalue weighted by Gasteiger charge is 2.44. The average molecular weight is 550 g/mol. The number of hydrogen-bond donors (Lipinski definition) is 2. The van der Waals surface area contributed by atoms with Crippen molar-refractivity contribution < 1.29 is 31.8 Å². The van der Waals surface area contributed by atoms with Crippen molar-refractivity contribution in [2.45, 2.75) is 12.7 Å². The van der Waals surface area contributed by atoms with Crippen LogP contribution < -0.4 is 20.3 Å². The van der Waals surface area contributed by atoms with Crippen molar-refractivity contribution in [2.24, 2.45) is 0 Å². The number of alkyl halides is 3. The van der Waals surface area contributed by atoms with Crippen LogP contribution in [0.2, 0.25) is 5.02 Å². The van der Waals surface area contributed by atoms with Crippen LogP contribution in [0.1, 0.15) is 11.3 Å². The smallest absolute Gasteiger partial charge is 0.434 e. The summed E-state index contributed by atoms with van der Waals surface area (Å²) in [5.74, 6) is -3.20. The van der Waals surface area contributed by atoms with Gasteiger partial charge in [0.2, 0.25) is 5.76 Å². The first-order valence-electron chi connectivity index (χ1n) is 10.7. The number of aromatic amines is 1. The van der Waals surface area contributed by atoms with Crippen molar-refractivity contribution in [2.75, 3.05) is 13.8 Å². The van der Waals surface area contributed by atoms with Gasteiger partial charge in [-0.05, 0) is 36.4 Å². The van der Waals surface area contributed by atoms with Gasteiger partial charge >= 0.3 is 6.18 Å². The summed E-state index contributed by atoms with van der Waals surface area (Å²) >= 11 is 5.90. The SMILES string of the molecule is COc1cccc(F)c1-c1cc(CN2CNC(C(F)(F)F)=C(Oc3cc(Cl)cc(C#N)c3)C2=O)n[nH]c1=O. The highest BCUT2D eigenvalue weighted by atomic mass is 35.5. The molecule has 14 heteroatoms. The quantitative estimate of drug-likeness (QED) is 0.448. The van der Waals surface area contributed by atoms with Crippen molar-refractivity contribution in [3.63, 3.8) is 0 Å². The van der Waals surface area contributed by atoms with Crippen LogP contribution in [0, 0.1) is 17.1 Å². The molecule has 0 atom stereocenters. The molecule has 1 aliphatic heterocycles. The number of hydrogen-bond acceptors (Lipinski definition) is 7. The lowest BCUT2D eigenvalue weighted by atomic mass is 10.0. The minimum atomic E-state index is -4.97. The monoisotopic (exact) mass is 549 g/mol. The lowest BCUT2D eigenvalue weighted by Crippen LogP contribution is -2.49. The molecule has 1 amide bonds. The number of methoxy groups -OCH3 is 1. The number of halogens is 5. The van der Waals surface area contributed by atoms with Gasteiger partial charge in [0.05, 0.1) is 48.8 Å². The van der Waals surface area contributed by atoms with Gasteiger partial charge in [0.25, 0.3) is 11.5 Å². The summed E-state index contributed by atoms with van der Waals surface area (Å²) in [6, 6.07) is 10.5. The molecule has 0 radical (unpaired) electrons. The maximum atomic E-state index is 14.6. The Morgan fingerprint density at radius 2 is 1.97 bits per heavy atom. The molecule has 9 nitrogen and oxygen atoms in total. The summed E-state index contributed by atoms with van der Waals surface area (Å²) in [6.45, 7) is -0.970. The molecule has 0 bridgehead atoms. The third-order valence-corrected chi connectivity index (χ3v) is 5.55. The van der Waals surface area contributed by atoms with Crippen LogP contribution in [-0.2, 0) is 11.3 Å². The summed E-state index contributed by atoms with van der Waals surface area (Å²) in [4.78, 5) is 26.5. The highest BCUT2D eigenvalue weighted by Crippen LogP contribution is 2.33. The second kappa shape index (κ2) is 10.4. The van der Waals surface area contributed by atoms with Gasteiger partial charge < -0.3 is 19.7 Å². The molecule has 0 saturated carbocycles. The number of carbonyl (C=O) groups is 1. The Labute approximate surface area is 216 Å². The number of amides is 1. The number of nitriles is 1. The van der Waals surface area contributed by atoms with Crippen LogP contribution in [0.5, 0.6) is 11.5 Å². The zero-order chi connectivity index (χ0) is 27.6. The number of nitrogens with zero attached hydrogens (tertiary/aromatic N) is 3. The van der Waals surface area contributed by atoms with E-state index >= 15 is 0 Å². The number of rotatable bonds is 6. The van der Waals surface area contributed by atoms with Gasteiger partial charge in [-0.25, -0.2) is 9.49 Å². The van der Waals surface area contributed by atoms with Gasteiger partial charge in [-0.15, -0.1) is 0 Å². The lowest BCUT2D eigenvalue weighted by Gasteiger charge is -2.31. The average Bonchev–Trinajstić information content (AvgIpc) is 2.86. The minimum absolute atomic E-state index is 0.00303. The largest absolute Gasteiger partial charge is 0.496 e. The van der Waals surface area contributed by atoms with Crippen molar-refractivity contribution >= 4 is 17.5 Å². The van der Waals surface area contributed by atoms with Gasteiger partial charge in [-0.1, -0.05) is 17.7 Å². The number of ether oxygens (including phenoxy) is 2. The molecular formula is C24H16ClF4N5O4. The summed E-state index contributed by atoms with van der Waals surface area (Å²) < 4.78 is 66.1. The zero-order valence-electron chi connectivity index (χ0n) is 19.3. The molecule has 38 heavy (non-hydrogen) atoms. The molecule has 196 valence electrons. The van der Waals surface area contributed by atoms with E-state index in [1.54, 1.807) is 6.07 Å². The molecule has 4 rings (SSSR count). The molecule has 2 aromatic carbocycles. The molecular weight excluding hydrogens is 534 g/mol. The Hall–Kier alpha value is -4.57. The Kier molecular flexibility index (Phi) is 7.27. The summed E-state index contributed by atoms with van der Waals surface area (Å²) in [6.07, 6.45) is -4.97. The number of H-pyrrole nitrogens is 1. The maximum Gasteiger partial charge on any atom is 0.434 e. The molecule has 2 N–H and O–H groups in total. The van der Waals surface area contributed by atoms with Gasteiger partial charge in [-0.2, -0.15) is 23.5 Å². The van der Waals surface area contributed by atoms with Gasteiger partial charge in [0, 0.05) is 5.02 Å². The second-order valence-electron chi connectivity index (χ2n) is 7.85. The van der Waals surface area contributed by atoms with Gasteiger partial charge in [0.15, 0.2) is 5.70 Å². The van der Waals surface area contributed by atoms with E-state index in [9.17, 15) is 27.2 Å². The standard InChI is InChI=1S/C24H16ClF4N5O4/c1-37-18-4-2-3-17(26)19(18)16-8-14(32-33-22(16)35)10-34-11-31-21(24(27,28)29)20(23(34)36)38-15-6-12(9-30)5-13(25)7-15/h2-8,31H,10-11H2,1H3,(H,33,35). The fourth-order valence-corrected chi connectivity index (χ4v) is 3.90. The summed E-state index contributed by atoms with van der Waals surface area (Å²) in [7, 11) is 1.29. The van der Waals surface area contributed by atoms with Crippen molar-refractivity contribution in [3.05, 3.63) is 86.4 Å². The van der Waals surface area contributed by atoms with Crippen molar-refractivity contribution in [1.82, 2.24) is 20.4 Å². The third-order valence-electron chi connectivity index (χ3n) is 5.33. The van der Waals surface area contributed by atoms with E-state index in [-0.39, 0.29) is 45.5 Å². The highest BCUT2D eigenvalue weighted by molar-refractivity contribution is 6.30. The lowest BCUT2D eigenvalue weighted by molar-refractivity contribution is -0.137. The second-order valence-corrected chi connectivity index (χ2v) is 8.28. The van der Waals surface area contributed by atoms with Crippen LogP contribution >= 0.6 is 11.6 Å². The van der Waals surface area contributed by atoms with E-state index in [4.69, 9.17) is 26.3 Å². The van der Waals surface area contributed by atoms with Crippen LogP contribution in [0.15, 0.2) is 58.7 Å². The fourth-order valence-electron chi connectivity index (χ4n) is 3.68. The Morgan fingerprint density at radius 3 is 2.66 bits per heavy atom. The minimum Gasteiger partial charge on any atom is -0.496 e. The van der Waals surface area contributed by atoms with E-state index < -0.39 is 41.6 Å². The maximum absolute atomic E-state index is 14.6. The molecule has 0 aliphatic carbocycles. The van der Waals surface area contributed by atoms with Crippen molar-refractivity contribution in [1.29, 1.82) is 5.26 Å². The van der Waals surface area contributed by atoms with Gasteiger partial charge in [-0.3, -0.25) is 9.59 Å². The normalized spacial score (nSPS) is 13.7. The number of aromatic nitrogens is 2. The summed E-state index contributed by atoms with van der Waals surface area (Å²) in [5, 5.41) is 17.3. The molecule has 0 fully saturated rings. The Balaban J connectivity index is 1.69. The van der Waals surface area contributed by atoms with E-state index in [0.29, 0.717) is 0 Å². The molecule has 1 aliphatic rings. The molecule has 3 aromatic rings.